The van der Waals surface area contributed by atoms with Gasteiger partial charge in [-0.2, -0.15) is 0 Å². The number of thiophene rings is 1. The lowest BCUT2D eigenvalue weighted by molar-refractivity contribution is -0.128. The molecule has 0 saturated heterocycles. The largest absolute Gasteiger partial charge is 0.477 e. The topological polar surface area (TPSA) is 58.6 Å². The Balaban J connectivity index is 1.86. The van der Waals surface area contributed by atoms with Gasteiger partial charge in [0, 0.05) is 6.04 Å². The van der Waals surface area contributed by atoms with E-state index in [2.05, 4.69) is 21.2 Å². The molecule has 2 heterocycles. The molecule has 0 radical (unpaired) electrons. The van der Waals surface area contributed by atoms with E-state index in [9.17, 15) is 9.59 Å². The van der Waals surface area contributed by atoms with Gasteiger partial charge in [-0.25, -0.2) is 0 Å². The predicted molar refractivity (Wildman–Crippen MR) is 107 cm³/mol. The number of para-hydroxylation sites is 2. The second-order valence-electron chi connectivity index (χ2n) is 6.12. The smallest absolute Gasteiger partial charge is 0.268 e. The van der Waals surface area contributed by atoms with Crippen LogP contribution in [0.25, 0.3) is 0 Å². The summed E-state index contributed by atoms with van der Waals surface area (Å²) in [7, 11) is 0. The number of hydrogen-bond donors (Lipinski definition) is 1. The van der Waals surface area contributed by atoms with Crippen LogP contribution in [0.3, 0.4) is 0 Å². The number of rotatable bonds is 5. The molecule has 0 aliphatic carbocycles. The standard InChI is InChI=1S/C19H21BrN2O3S/c1-3-12(4-2)21-18(23)15-11-22(13-7-5-6-8-14(13)25-15)19(24)16-9-10-17(20)26-16/h5-10,12,15H,3-4,11H2,1-2H3,(H,21,23). The lowest BCUT2D eigenvalue weighted by Crippen LogP contribution is -2.52. The van der Waals surface area contributed by atoms with E-state index in [4.69, 9.17) is 4.74 Å². The highest BCUT2D eigenvalue weighted by Gasteiger charge is 2.35. The Kier molecular flexibility index (Phi) is 5.98. The normalized spacial score (nSPS) is 16.2. The number of hydrogen-bond acceptors (Lipinski definition) is 4. The van der Waals surface area contributed by atoms with Gasteiger partial charge in [0.25, 0.3) is 11.8 Å². The van der Waals surface area contributed by atoms with E-state index in [1.54, 1.807) is 17.0 Å². The van der Waals surface area contributed by atoms with Crippen LogP contribution in [0.5, 0.6) is 5.75 Å². The molecule has 2 aromatic rings. The van der Waals surface area contributed by atoms with Gasteiger partial charge in [0.1, 0.15) is 5.75 Å². The van der Waals surface area contributed by atoms with Crippen molar-refractivity contribution in [1.82, 2.24) is 5.32 Å². The van der Waals surface area contributed by atoms with E-state index < -0.39 is 6.10 Å². The van der Waals surface area contributed by atoms with Crippen LogP contribution in [0, 0.1) is 0 Å². The fourth-order valence-electron chi connectivity index (χ4n) is 2.91. The van der Waals surface area contributed by atoms with E-state index in [0.29, 0.717) is 16.3 Å². The van der Waals surface area contributed by atoms with Crippen molar-refractivity contribution in [1.29, 1.82) is 0 Å². The van der Waals surface area contributed by atoms with Crippen LogP contribution in [0.2, 0.25) is 0 Å². The lowest BCUT2D eigenvalue weighted by atomic mass is 10.1. The highest BCUT2D eigenvalue weighted by Crippen LogP contribution is 2.35. The fourth-order valence-corrected chi connectivity index (χ4v) is 4.25. The van der Waals surface area contributed by atoms with E-state index in [1.807, 2.05) is 38.1 Å². The van der Waals surface area contributed by atoms with Crippen LogP contribution in [0.15, 0.2) is 40.2 Å². The number of halogens is 1. The Bertz CT molecular complexity index is 804. The molecule has 0 saturated carbocycles. The predicted octanol–water partition coefficient (Wildman–Crippen LogP) is 4.22. The molecule has 1 N–H and O–H groups in total. The molecule has 1 unspecified atom stereocenters. The Morgan fingerprint density at radius 2 is 2.00 bits per heavy atom. The minimum atomic E-state index is -0.724. The molecule has 1 aromatic carbocycles. The minimum absolute atomic E-state index is 0.112. The number of nitrogens with zero attached hydrogens (tertiary/aromatic N) is 1. The van der Waals surface area contributed by atoms with Gasteiger partial charge in [-0.1, -0.05) is 26.0 Å². The molecule has 0 fully saturated rings. The minimum Gasteiger partial charge on any atom is -0.477 e. The van der Waals surface area contributed by atoms with Crippen LogP contribution in [0.1, 0.15) is 36.4 Å². The highest BCUT2D eigenvalue weighted by atomic mass is 79.9. The summed E-state index contributed by atoms with van der Waals surface area (Å²) in [5.74, 6) is 0.238. The average Bonchev–Trinajstić information content (AvgIpc) is 3.10. The van der Waals surface area contributed by atoms with Crippen LogP contribution < -0.4 is 15.0 Å². The molecule has 1 aliphatic heterocycles. The zero-order chi connectivity index (χ0) is 18.7. The maximum atomic E-state index is 13.0. The van der Waals surface area contributed by atoms with Gasteiger partial charge in [0.15, 0.2) is 6.10 Å². The summed E-state index contributed by atoms with van der Waals surface area (Å²) in [6, 6.07) is 11.1. The maximum Gasteiger partial charge on any atom is 0.268 e. The van der Waals surface area contributed by atoms with Gasteiger partial charge in [-0.15, -0.1) is 11.3 Å². The number of ether oxygens (including phenoxy) is 1. The molecular weight excluding hydrogens is 416 g/mol. The second kappa shape index (κ2) is 8.22. The van der Waals surface area contributed by atoms with Gasteiger partial charge in [0.2, 0.25) is 0 Å². The number of nitrogens with one attached hydrogen (secondary N) is 1. The van der Waals surface area contributed by atoms with Crippen molar-refractivity contribution in [3.8, 4) is 5.75 Å². The third-order valence-corrected chi connectivity index (χ3v) is 6.04. The van der Waals surface area contributed by atoms with Crippen LogP contribution in [-0.4, -0.2) is 30.5 Å². The molecule has 2 amide bonds. The van der Waals surface area contributed by atoms with Gasteiger partial charge < -0.3 is 10.1 Å². The fraction of sp³-hybridized carbons (Fsp3) is 0.368. The summed E-state index contributed by atoms with van der Waals surface area (Å²) in [6.07, 6.45) is 0.993. The Morgan fingerprint density at radius 1 is 1.27 bits per heavy atom. The molecule has 7 heteroatoms. The van der Waals surface area contributed by atoms with Crippen molar-refractivity contribution in [3.63, 3.8) is 0 Å². The monoisotopic (exact) mass is 436 g/mol. The maximum absolute atomic E-state index is 13.0. The number of benzene rings is 1. The molecule has 3 rings (SSSR count). The highest BCUT2D eigenvalue weighted by molar-refractivity contribution is 9.11. The molecular formula is C19H21BrN2O3S. The molecule has 0 spiro atoms. The Hall–Kier alpha value is -1.86. The second-order valence-corrected chi connectivity index (χ2v) is 8.58. The summed E-state index contributed by atoms with van der Waals surface area (Å²) >= 11 is 4.77. The Labute approximate surface area is 165 Å². The SMILES string of the molecule is CCC(CC)NC(=O)C1CN(C(=O)c2ccc(Br)s2)c2ccccc2O1. The molecule has 0 bridgehead atoms. The van der Waals surface area contributed by atoms with Crippen LogP contribution >= 0.6 is 27.3 Å². The summed E-state index contributed by atoms with van der Waals surface area (Å²) in [5, 5.41) is 3.01. The third-order valence-electron chi connectivity index (χ3n) is 4.43. The average molecular weight is 437 g/mol. The summed E-state index contributed by atoms with van der Waals surface area (Å²) in [5.41, 5.74) is 0.689. The van der Waals surface area contributed by atoms with Gasteiger partial charge >= 0.3 is 0 Å². The lowest BCUT2D eigenvalue weighted by Gasteiger charge is -2.34. The molecule has 1 aliphatic rings. The number of carbonyl (C=O) groups excluding carboxylic acids is 2. The number of amides is 2. The third kappa shape index (κ3) is 3.94. The van der Waals surface area contributed by atoms with Crippen molar-refractivity contribution < 1.29 is 14.3 Å². The zero-order valence-electron chi connectivity index (χ0n) is 14.7. The molecule has 138 valence electrons. The van der Waals surface area contributed by atoms with E-state index in [0.717, 1.165) is 16.6 Å². The molecule has 26 heavy (non-hydrogen) atoms. The molecule has 5 nitrogen and oxygen atoms in total. The van der Waals surface area contributed by atoms with Crippen molar-refractivity contribution in [2.45, 2.75) is 38.8 Å². The van der Waals surface area contributed by atoms with Crippen LogP contribution in [-0.2, 0) is 4.79 Å². The first-order valence-electron chi connectivity index (χ1n) is 8.66. The zero-order valence-corrected chi connectivity index (χ0v) is 17.1. The summed E-state index contributed by atoms with van der Waals surface area (Å²) in [4.78, 5) is 27.9. The van der Waals surface area contributed by atoms with Crippen molar-refractivity contribution in [2.24, 2.45) is 0 Å². The number of carbonyl (C=O) groups is 2. The number of anilines is 1. The first-order valence-corrected chi connectivity index (χ1v) is 10.3. The molecule has 1 aromatic heterocycles. The van der Waals surface area contributed by atoms with Gasteiger partial charge in [0.05, 0.1) is 20.9 Å². The van der Waals surface area contributed by atoms with Gasteiger partial charge in [-0.05, 0) is 53.0 Å². The number of fused-ring (bicyclic) bond motifs is 1. The van der Waals surface area contributed by atoms with E-state index >= 15 is 0 Å². The first kappa shape index (κ1) is 18.9. The Morgan fingerprint density at radius 3 is 2.65 bits per heavy atom. The quantitative estimate of drug-likeness (QED) is 0.762. The van der Waals surface area contributed by atoms with E-state index in [-0.39, 0.29) is 24.4 Å². The molecule has 1 atom stereocenters. The van der Waals surface area contributed by atoms with Crippen molar-refractivity contribution >= 4 is 44.8 Å². The summed E-state index contributed by atoms with van der Waals surface area (Å²) < 4.78 is 6.79. The van der Waals surface area contributed by atoms with Crippen molar-refractivity contribution in [3.05, 3.63) is 45.1 Å². The van der Waals surface area contributed by atoms with Gasteiger partial charge in [-0.3, -0.25) is 14.5 Å². The van der Waals surface area contributed by atoms with Crippen molar-refractivity contribution in [2.75, 3.05) is 11.4 Å². The van der Waals surface area contributed by atoms with E-state index in [1.165, 1.54) is 11.3 Å². The van der Waals surface area contributed by atoms with Crippen LogP contribution in [0.4, 0.5) is 5.69 Å². The first-order chi connectivity index (χ1) is 12.5. The summed E-state index contributed by atoms with van der Waals surface area (Å²) in [6.45, 7) is 4.27.